The molecule has 0 unspecified atom stereocenters. The van der Waals surface area contributed by atoms with Crippen molar-refractivity contribution in [3.63, 3.8) is 0 Å². The van der Waals surface area contributed by atoms with Crippen LogP contribution in [-0.2, 0) is 33.2 Å². The number of thioether (sulfide) groups is 1. The van der Waals surface area contributed by atoms with E-state index in [0.717, 1.165) is 11.8 Å². The van der Waals surface area contributed by atoms with Gasteiger partial charge >= 0.3 is 23.9 Å². The van der Waals surface area contributed by atoms with Gasteiger partial charge in [-0.1, -0.05) is 103 Å². The summed E-state index contributed by atoms with van der Waals surface area (Å²) in [6.07, 6.45) is -14.2. The zero-order valence-electron chi connectivity index (χ0n) is 32.4. The molecule has 5 aromatic carbocycles. The number of aliphatic hydroxyl groups excluding tert-OH is 3. The van der Waals surface area contributed by atoms with Crippen molar-refractivity contribution in [2.24, 2.45) is 0 Å². The molecule has 3 N–H and O–H groups in total. The lowest BCUT2D eigenvalue weighted by atomic mass is 9.97. The number of carbonyl (C=O) groups is 4. The molecular formula is C46H42O14S. The number of carbonyl (C=O) groups excluding carboxylic acids is 4. The molecule has 0 amide bonds. The quantitative estimate of drug-likeness (QED) is 0.101. The lowest BCUT2D eigenvalue weighted by molar-refractivity contribution is -0.309. The van der Waals surface area contributed by atoms with Gasteiger partial charge in [0.1, 0.15) is 42.6 Å². The van der Waals surface area contributed by atoms with Crippen LogP contribution in [-0.4, -0.2) is 113 Å². The van der Waals surface area contributed by atoms with Gasteiger partial charge < -0.3 is 48.5 Å². The van der Waals surface area contributed by atoms with E-state index in [9.17, 15) is 34.5 Å². The van der Waals surface area contributed by atoms with E-state index in [-0.39, 0.29) is 22.3 Å². The molecule has 0 spiro atoms. The highest BCUT2D eigenvalue weighted by Crippen LogP contribution is 2.35. The first-order valence-electron chi connectivity index (χ1n) is 19.3. The summed E-state index contributed by atoms with van der Waals surface area (Å²) in [6, 6.07) is 40.8. The molecule has 2 fully saturated rings. The van der Waals surface area contributed by atoms with Gasteiger partial charge in [-0.05, 0) is 60.7 Å². The average Bonchev–Trinajstić information content (AvgIpc) is 3.31. The summed E-state index contributed by atoms with van der Waals surface area (Å²) in [4.78, 5) is 55.5. The van der Waals surface area contributed by atoms with Crippen LogP contribution in [0.4, 0.5) is 0 Å². The van der Waals surface area contributed by atoms with Crippen LogP contribution >= 0.6 is 11.8 Å². The number of hydrogen-bond acceptors (Lipinski definition) is 15. The molecule has 2 aliphatic rings. The van der Waals surface area contributed by atoms with E-state index in [1.165, 1.54) is 48.5 Å². The lowest BCUT2D eigenvalue weighted by Gasteiger charge is -2.45. The highest BCUT2D eigenvalue weighted by atomic mass is 32.2. The second-order valence-electron chi connectivity index (χ2n) is 14.0. The summed E-state index contributed by atoms with van der Waals surface area (Å²) in [5.41, 5.74) is -0.514. The van der Waals surface area contributed by atoms with Gasteiger partial charge in [0, 0.05) is 4.90 Å². The van der Waals surface area contributed by atoms with Gasteiger partial charge in [0.05, 0.1) is 28.9 Å². The molecule has 2 heterocycles. The maximum atomic E-state index is 13.9. The van der Waals surface area contributed by atoms with Gasteiger partial charge in [0.2, 0.25) is 0 Å². The van der Waals surface area contributed by atoms with E-state index in [1.54, 1.807) is 97.1 Å². The highest BCUT2D eigenvalue weighted by Gasteiger charge is 2.54. The fourth-order valence-electron chi connectivity index (χ4n) is 6.64. The molecule has 7 rings (SSSR count). The van der Waals surface area contributed by atoms with E-state index < -0.39 is 97.6 Å². The molecule has 0 radical (unpaired) electrons. The summed E-state index contributed by atoms with van der Waals surface area (Å²) in [6.45, 7) is -1.12. The maximum Gasteiger partial charge on any atom is 0.338 e. The Morgan fingerprint density at radius 2 is 0.885 bits per heavy atom. The largest absolute Gasteiger partial charge is 0.459 e. The molecule has 0 aliphatic carbocycles. The summed E-state index contributed by atoms with van der Waals surface area (Å²) < 4.78 is 42.6. The molecule has 0 bridgehead atoms. The third-order valence-electron chi connectivity index (χ3n) is 9.83. The Kier molecular flexibility index (Phi) is 14.6. The molecule has 2 saturated heterocycles. The van der Waals surface area contributed by atoms with Gasteiger partial charge in [-0.15, -0.1) is 0 Å². The van der Waals surface area contributed by atoms with Crippen LogP contribution in [0.2, 0.25) is 0 Å². The van der Waals surface area contributed by atoms with Crippen LogP contribution in [0.3, 0.4) is 0 Å². The standard InChI is InChI=1S/C46H42O14S/c47-35-33(57-46(37(49)36(35)48)61-32-24-14-5-15-25-32)26-55-45-40(60-44(53)31-22-12-4-13-23-31)39(59-43(52)30-20-10-3-11-21-30)38(58-42(51)29-18-8-2-9-19-29)34(56-45)27-54-41(50)28-16-6-1-7-17-28/h1-25,33-40,45-49H,26-27H2/t33-,34-,35+,36+,37-,38+,39+,40-,45-,46+/m1/s1. The molecular weight excluding hydrogens is 809 g/mol. The van der Waals surface area contributed by atoms with Crippen molar-refractivity contribution in [3.05, 3.63) is 174 Å². The topological polar surface area (TPSA) is 194 Å². The van der Waals surface area contributed by atoms with E-state index in [1.807, 2.05) is 6.07 Å². The first kappa shape index (κ1) is 43.2. The van der Waals surface area contributed by atoms with Gasteiger partial charge in [-0.25, -0.2) is 19.2 Å². The summed E-state index contributed by atoms with van der Waals surface area (Å²) in [7, 11) is 0. The number of hydrogen-bond donors (Lipinski definition) is 3. The smallest absolute Gasteiger partial charge is 0.338 e. The van der Waals surface area contributed by atoms with Crippen molar-refractivity contribution in [1.82, 2.24) is 0 Å². The van der Waals surface area contributed by atoms with E-state index in [0.29, 0.717) is 4.90 Å². The SMILES string of the molecule is O=C(OC[C@H]1O[C@@H](OC[C@H]2O[C@@H](Sc3ccccc3)[C@H](O)[C@@H](O)[C@H]2O)[C@H](OC(=O)c2ccccc2)[C@@H](OC(=O)c2ccccc2)[C@H]1OC(=O)c1ccccc1)c1ccccc1. The van der Waals surface area contributed by atoms with Gasteiger partial charge in [-0.2, -0.15) is 0 Å². The number of esters is 4. The number of rotatable bonds is 14. The number of benzene rings is 5. The minimum absolute atomic E-state index is 0.105. The minimum Gasteiger partial charge on any atom is -0.459 e. The molecule has 14 nitrogen and oxygen atoms in total. The lowest BCUT2D eigenvalue weighted by Crippen LogP contribution is -2.64. The second-order valence-corrected chi connectivity index (χ2v) is 15.2. The van der Waals surface area contributed by atoms with Crippen LogP contribution in [0.25, 0.3) is 0 Å². The Morgan fingerprint density at radius 3 is 1.38 bits per heavy atom. The Morgan fingerprint density at radius 1 is 0.459 bits per heavy atom. The summed E-state index contributed by atoms with van der Waals surface area (Å²) >= 11 is 1.11. The molecule has 61 heavy (non-hydrogen) atoms. The van der Waals surface area contributed by atoms with Crippen LogP contribution in [0.15, 0.2) is 157 Å². The normalized spacial score (nSPS) is 26.0. The fraction of sp³-hybridized carbons (Fsp3) is 0.261. The molecule has 10 atom stereocenters. The third-order valence-corrected chi connectivity index (χ3v) is 11.0. The number of ether oxygens (including phenoxy) is 7. The van der Waals surface area contributed by atoms with Crippen molar-refractivity contribution in [2.45, 2.75) is 65.5 Å². The Hall–Kier alpha value is -5.91. The first-order valence-corrected chi connectivity index (χ1v) is 20.2. The predicted molar refractivity (Wildman–Crippen MR) is 217 cm³/mol. The van der Waals surface area contributed by atoms with Crippen molar-refractivity contribution in [1.29, 1.82) is 0 Å². The van der Waals surface area contributed by atoms with Crippen LogP contribution in [0, 0.1) is 0 Å². The van der Waals surface area contributed by atoms with Gasteiger partial charge in [0.15, 0.2) is 24.6 Å². The molecule has 0 aromatic heterocycles. The van der Waals surface area contributed by atoms with Gasteiger partial charge in [0.25, 0.3) is 0 Å². The Balaban J connectivity index is 1.25. The van der Waals surface area contributed by atoms with Crippen molar-refractivity contribution in [3.8, 4) is 0 Å². The molecule has 0 saturated carbocycles. The fourth-order valence-corrected chi connectivity index (χ4v) is 7.72. The molecule has 2 aliphatic heterocycles. The number of aliphatic hydroxyl groups is 3. The van der Waals surface area contributed by atoms with Crippen molar-refractivity contribution >= 4 is 35.6 Å². The van der Waals surface area contributed by atoms with Crippen LogP contribution in [0.5, 0.6) is 0 Å². The zero-order valence-corrected chi connectivity index (χ0v) is 33.2. The molecule has 5 aromatic rings. The monoisotopic (exact) mass is 850 g/mol. The van der Waals surface area contributed by atoms with Crippen molar-refractivity contribution in [2.75, 3.05) is 13.2 Å². The summed E-state index contributed by atoms with van der Waals surface area (Å²) in [5.74, 6) is -3.40. The molecule has 316 valence electrons. The van der Waals surface area contributed by atoms with Gasteiger partial charge in [-0.3, -0.25) is 0 Å². The second kappa shape index (κ2) is 20.6. The molecule has 15 heteroatoms. The first-order chi connectivity index (χ1) is 29.7. The van der Waals surface area contributed by atoms with Crippen LogP contribution < -0.4 is 0 Å². The van der Waals surface area contributed by atoms with E-state index in [4.69, 9.17) is 33.2 Å². The minimum atomic E-state index is -1.69. The third kappa shape index (κ3) is 10.9. The zero-order chi connectivity index (χ0) is 42.7. The van der Waals surface area contributed by atoms with Crippen molar-refractivity contribution < 1.29 is 67.7 Å². The Labute approximate surface area is 354 Å². The van der Waals surface area contributed by atoms with E-state index >= 15 is 0 Å². The average molecular weight is 851 g/mol. The Bertz CT molecular complexity index is 2200. The maximum absolute atomic E-state index is 13.9. The highest BCUT2D eigenvalue weighted by molar-refractivity contribution is 7.99. The van der Waals surface area contributed by atoms with Crippen LogP contribution in [0.1, 0.15) is 41.4 Å². The van der Waals surface area contributed by atoms with E-state index in [2.05, 4.69) is 0 Å². The predicted octanol–water partition coefficient (Wildman–Crippen LogP) is 4.86. The summed E-state index contributed by atoms with van der Waals surface area (Å²) in [5, 5.41) is 32.9.